The maximum absolute atomic E-state index is 11.3. The molecule has 0 radical (unpaired) electrons. The molecule has 23 heavy (non-hydrogen) atoms. The summed E-state index contributed by atoms with van der Waals surface area (Å²) in [6.45, 7) is 8.22. The molecule has 0 aliphatic carbocycles. The molecule has 6 heteroatoms. The van der Waals surface area contributed by atoms with Gasteiger partial charge in [0.25, 0.3) is 0 Å². The molecule has 0 aromatic heterocycles. The van der Waals surface area contributed by atoms with E-state index in [2.05, 4.69) is 27.5 Å². The third-order valence-corrected chi connectivity index (χ3v) is 3.36. The van der Waals surface area contributed by atoms with E-state index in [4.69, 9.17) is 4.74 Å². The van der Waals surface area contributed by atoms with Crippen molar-refractivity contribution in [1.82, 2.24) is 10.6 Å². The number of fused-ring (bicyclic) bond motifs is 1. The Hall–Kier alpha value is -2.50. The summed E-state index contributed by atoms with van der Waals surface area (Å²) in [6, 6.07) is 5.75. The predicted molar refractivity (Wildman–Crippen MR) is 93.1 cm³/mol. The van der Waals surface area contributed by atoms with Crippen molar-refractivity contribution in [2.75, 3.05) is 31.6 Å². The van der Waals surface area contributed by atoms with Gasteiger partial charge in [-0.1, -0.05) is 6.08 Å². The SMILES string of the molecule is C=CCNC(=NCCOc1ccc2c(c1)CCC(=O)N2)NCC. The van der Waals surface area contributed by atoms with Gasteiger partial charge in [0.1, 0.15) is 12.4 Å². The Morgan fingerprint density at radius 1 is 1.43 bits per heavy atom. The zero-order chi connectivity index (χ0) is 16.5. The maximum Gasteiger partial charge on any atom is 0.224 e. The first kappa shape index (κ1) is 16.9. The van der Waals surface area contributed by atoms with Gasteiger partial charge in [-0.05, 0) is 37.1 Å². The second-order valence-corrected chi connectivity index (χ2v) is 5.15. The molecule has 0 fully saturated rings. The third-order valence-electron chi connectivity index (χ3n) is 3.36. The van der Waals surface area contributed by atoms with Crippen LogP contribution in [0.1, 0.15) is 18.9 Å². The fourth-order valence-corrected chi connectivity index (χ4v) is 2.28. The number of nitrogens with one attached hydrogen (secondary N) is 3. The van der Waals surface area contributed by atoms with E-state index in [0.29, 0.717) is 26.1 Å². The van der Waals surface area contributed by atoms with E-state index < -0.39 is 0 Å². The standard InChI is InChI=1S/C17H24N4O2/c1-3-9-19-17(18-4-2)20-10-11-23-14-6-7-15-13(12-14)5-8-16(22)21-15/h3,6-7,12H,1,4-5,8-11H2,2H3,(H,21,22)(H2,18,19,20). The first-order valence-corrected chi connectivity index (χ1v) is 7.91. The number of benzene rings is 1. The minimum absolute atomic E-state index is 0.0727. The molecule has 1 heterocycles. The molecule has 1 aromatic carbocycles. The molecule has 0 saturated heterocycles. The molecular formula is C17H24N4O2. The number of rotatable bonds is 7. The van der Waals surface area contributed by atoms with Crippen LogP contribution < -0.4 is 20.7 Å². The molecule has 0 atom stereocenters. The van der Waals surface area contributed by atoms with E-state index in [9.17, 15) is 4.79 Å². The number of carbonyl (C=O) groups is 1. The maximum atomic E-state index is 11.3. The zero-order valence-corrected chi connectivity index (χ0v) is 13.5. The summed E-state index contributed by atoms with van der Waals surface area (Å²) in [4.78, 5) is 15.8. The van der Waals surface area contributed by atoms with Gasteiger partial charge < -0.3 is 20.7 Å². The van der Waals surface area contributed by atoms with Gasteiger partial charge in [0.15, 0.2) is 5.96 Å². The Balaban J connectivity index is 1.83. The van der Waals surface area contributed by atoms with E-state index in [1.54, 1.807) is 6.08 Å². The van der Waals surface area contributed by atoms with Crippen LogP contribution in [-0.2, 0) is 11.2 Å². The predicted octanol–water partition coefficient (Wildman–Crippen LogP) is 1.69. The van der Waals surface area contributed by atoms with Crippen molar-refractivity contribution in [1.29, 1.82) is 0 Å². The molecule has 1 aromatic rings. The number of aryl methyl sites for hydroxylation is 1. The van der Waals surface area contributed by atoms with Crippen molar-refractivity contribution >= 4 is 17.6 Å². The fourth-order valence-electron chi connectivity index (χ4n) is 2.28. The summed E-state index contributed by atoms with van der Waals surface area (Å²) in [5.74, 6) is 1.63. The number of hydrogen-bond acceptors (Lipinski definition) is 3. The number of anilines is 1. The van der Waals surface area contributed by atoms with Crippen molar-refractivity contribution < 1.29 is 9.53 Å². The van der Waals surface area contributed by atoms with E-state index in [1.165, 1.54) is 0 Å². The summed E-state index contributed by atoms with van der Waals surface area (Å²) >= 11 is 0. The van der Waals surface area contributed by atoms with Gasteiger partial charge in [0, 0.05) is 25.2 Å². The second-order valence-electron chi connectivity index (χ2n) is 5.15. The van der Waals surface area contributed by atoms with Crippen LogP contribution in [-0.4, -0.2) is 38.1 Å². The first-order chi connectivity index (χ1) is 11.2. The number of carbonyl (C=O) groups excluding carboxylic acids is 1. The molecule has 124 valence electrons. The van der Waals surface area contributed by atoms with Crippen LogP contribution in [0.2, 0.25) is 0 Å². The number of ether oxygens (including phenoxy) is 1. The van der Waals surface area contributed by atoms with E-state index >= 15 is 0 Å². The molecule has 6 nitrogen and oxygen atoms in total. The van der Waals surface area contributed by atoms with Gasteiger partial charge in [0.05, 0.1) is 6.54 Å². The highest BCUT2D eigenvalue weighted by atomic mass is 16.5. The zero-order valence-electron chi connectivity index (χ0n) is 13.5. The van der Waals surface area contributed by atoms with E-state index in [-0.39, 0.29) is 5.91 Å². The topological polar surface area (TPSA) is 74.8 Å². The van der Waals surface area contributed by atoms with Gasteiger partial charge in [0.2, 0.25) is 5.91 Å². The Morgan fingerprint density at radius 3 is 3.09 bits per heavy atom. The van der Waals surface area contributed by atoms with Crippen LogP contribution in [0.4, 0.5) is 5.69 Å². The van der Waals surface area contributed by atoms with Crippen LogP contribution in [0.25, 0.3) is 0 Å². The highest BCUT2D eigenvalue weighted by Crippen LogP contribution is 2.26. The highest BCUT2D eigenvalue weighted by Gasteiger charge is 2.14. The normalized spacial score (nSPS) is 13.8. The third kappa shape index (κ3) is 5.32. The second kappa shape index (κ2) is 8.82. The Bertz CT molecular complexity index is 584. The highest BCUT2D eigenvalue weighted by molar-refractivity contribution is 5.94. The molecule has 0 unspecified atom stereocenters. The Kier molecular flexibility index (Phi) is 6.47. The van der Waals surface area contributed by atoms with Crippen LogP contribution in [0.15, 0.2) is 35.8 Å². The van der Waals surface area contributed by atoms with Gasteiger partial charge >= 0.3 is 0 Å². The average Bonchev–Trinajstić information content (AvgIpc) is 2.56. The van der Waals surface area contributed by atoms with Crippen molar-refractivity contribution in [2.45, 2.75) is 19.8 Å². The number of guanidine groups is 1. The van der Waals surface area contributed by atoms with E-state index in [1.807, 2.05) is 25.1 Å². The van der Waals surface area contributed by atoms with Crippen molar-refractivity contribution in [3.8, 4) is 5.75 Å². The number of nitrogens with zero attached hydrogens (tertiary/aromatic N) is 1. The summed E-state index contributed by atoms with van der Waals surface area (Å²) < 4.78 is 5.74. The largest absolute Gasteiger partial charge is 0.492 e. The summed E-state index contributed by atoms with van der Waals surface area (Å²) in [6.07, 6.45) is 3.07. The molecule has 1 amide bonds. The van der Waals surface area contributed by atoms with Gasteiger partial charge in [-0.25, -0.2) is 4.99 Å². The lowest BCUT2D eigenvalue weighted by Crippen LogP contribution is -2.37. The van der Waals surface area contributed by atoms with Crippen LogP contribution in [0.5, 0.6) is 5.75 Å². The van der Waals surface area contributed by atoms with Gasteiger partial charge in [-0.3, -0.25) is 4.79 Å². The molecule has 1 aliphatic rings. The number of amides is 1. The molecule has 0 spiro atoms. The lowest BCUT2D eigenvalue weighted by molar-refractivity contribution is -0.116. The summed E-state index contributed by atoms with van der Waals surface area (Å²) in [5, 5.41) is 9.16. The molecule has 0 bridgehead atoms. The minimum Gasteiger partial charge on any atom is -0.492 e. The van der Waals surface area contributed by atoms with Crippen LogP contribution in [0, 0.1) is 0 Å². The quantitative estimate of drug-likeness (QED) is 0.310. The number of aliphatic imine (C=N–C) groups is 1. The first-order valence-electron chi connectivity index (χ1n) is 7.91. The summed E-state index contributed by atoms with van der Waals surface area (Å²) in [5.41, 5.74) is 2.00. The smallest absolute Gasteiger partial charge is 0.224 e. The van der Waals surface area contributed by atoms with Crippen molar-refractivity contribution in [2.24, 2.45) is 4.99 Å². The van der Waals surface area contributed by atoms with Crippen LogP contribution in [0.3, 0.4) is 0 Å². The fraction of sp³-hybridized carbons (Fsp3) is 0.412. The molecule has 1 aliphatic heterocycles. The van der Waals surface area contributed by atoms with Gasteiger partial charge in [-0.15, -0.1) is 6.58 Å². The van der Waals surface area contributed by atoms with Gasteiger partial charge in [-0.2, -0.15) is 0 Å². The van der Waals surface area contributed by atoms with E-state index in [0.717, 1.165) is 35.9 Å². The molecule has 2 rings (SSSR count). The molecular weight excluding hydrogens is 292 g/mol. The lowest BCUT2D eigenvalue weighted by Gasteiger charge is -2.17. The Morgan fingerprint density at radius 2 is 2.30 bits per heavy atom. The van der Waals surface area contributed by atoms with Crippen LogP contribution >= 0.6 is 0 Å². The Labute approximate surface area is 137 Å². The number of hydrogen-bond donors (Lipinski definition) is 3. The molecule has 3 N–H and O–H groups in total. The average molecular weight is 316 g/mol. The molecule has 0 saturated carbocycles. The van der Waals surface area contributed by atoms with Crippen molar-refractivity contribution in [3.63, 3.8) is 0 Å². The van der Waals surface area contributed by atoms with Crippen molar-refractivity contribution in [3.05, 3.63) is 36.4 Å². The lowest BCUT2D eigenvalue weighted by atomic mass is 10.0. The minimum atomic E-state index is 0.0727. The monoisotopic (exact) mass is 316 g/mol. The summed E-state index contributed by atoms with van der Waals surface area (Å²) in [7, 11) is 0.